The van der Waals surface area contributed by atoms with Gasteiger partial charge < -0.3 is 14.7 Å². The molecule has 3 aromatic carbocycles. The van der Waals surface area contributed by atoms with Crippen molar-refractivity contribution < 1.29 is 14.6 Å². The van der Waals surface area contributed by atoms with Gasteiger partial charge in [-0.3, -0.25) is 4.79 Å². The second-order valence-corrected chi connectivity index (χ2v) is 7.41. The molecule has 3 aromatic rings. The van der Waals surface area contributed by atoms with E-state index in [0.717, 1.165) is 28.9 Å². The normalized spacial score (nSPS) is 16.3. The molecule has 0 saturated heterocycles. The van der Waals surface area contributed by atoms with E-state index in [-0.39, 0.29) is 17.7 Å². The van der Waals surface area contributed by atoms with Crippen molar-refractivity contribution in [3.8, 4) is 5.75 Å². The largest absolute Gasteiger partial charge is 0.503 e. The molecule has 0 aliphatic carbocycles. The zero-order valence-electron chi connectivity index (χ0n) is 17.2. The van der Waals surface area contributed by atoms with Gasteiger partial charge in [0.2, 0.25) is 0 Å². The van der Waals surface area contributed by atoms with E-state index in [1.807, 2.05) is 54.6 Å². The number of aryl methyl sites for hydroxylation is 1. The molecule has 152 valence electrons. The minimum absolute atomic E-state index is 0.181. The number of carbonyl (C=O) groups is 1. The third-order valence-corrected chi connectivity index (χ3v) is 5.60. The Morgan fingerprint density at radius 2 is 1.53 bits per heavy atom. The van der Waals surface area contributed by atoms with Crippen LogP contribution < -0.4 is 4.74 Å². The van der Waals surface area contributed by atoms with E-state index in [1.54, 1.807) is 12.0 Å². The fraction of sp³-hybridized carbons (Fsp3) is 0.192. The van der Waals surface area contributed by atoms with Crippen molar-refractivity contribution in [2.24, 2.45) is 0 Å². The molecule has 0 spiro atoms. The number of hydrogen-bond acceptors (Lipinski definition) is 3. The van der Waals surface area contributed by atoms with Crippen molar-refractivity contribution in [2.75, 3.05) is 7.11 Å². The van der Waals surface area contributed by atoms with Crippen LogP contribution in [0, 0.1) is 0 Å². The van der Waals surface area contributed by atoms with Gasteiger partial charge in [-0.05, 0) is 40.8 Å². The fourth-order valence-corrected chi connectivity index (χ4v) is 3.94. The van der Waals surface area contributed by atoms with Crippen LogP contribution in [-0.2, 0) is 17.8 Å². The Morgan fingerprint density at radius 1 is 0.900 bits per heavy atom. The molecule has 0 radical (unpaired) electrons. The van der Waals surface area contributed by atoms with Crippen LogP contribution in [0.3, 0.4) is 0 Å². The van der Waals surface area contributed by atoms with Gasteiger partial charge in [0.15, 0.2) is 5.76 Å². The van der Waals surface area contributed by atoms with E-state index in [9.17, 15) is 9.90 Å². The topological polar surface area (TPSA) is 49.8 Å². The van der Waals surface area contributed by atoms with Gasteiger partial charge in [0.05, 0.1) is 13.2 Å². The molecule has 0 fully saturated rings. The first kappa shape index (κ1) is 19.8. The zero-order valence-corrected chi connectivity index (χ0v) is 17.2. The monoisotopic (exact) mass is 399 g/mol. The third kappa shape index (κ3) is 3.69. The van der Waals surface area contributed by atoms with E-state index in [0.29, 0.717) is 12.1 Å². The molecule has 1 atom stereocenters. The number of aliphatic hydroxyl groups excluding tert-OH is 1. The maximum atomic E-state index is 13.1. The summed E-state index contributed by atoms with van der Waals surface area (Å²) in [5.74, 6) is 0.234. The number of ether oxygens (including phenoxy) is 1. The van der Waals surface area contributed by atoms with E-state index in [4.69, 9.17) is 4.74 Å². The highest BCUT2D eigenvalue weighted by atomic mass is 16.5. The van der Waals surface area contributed by atoms with E-state index in [1.165, 1.54) is 5.56 Å². The fourth-order valence-electron chi connectivity index (χ4n) is 3.94. The SMILES string of the molecule is CCc1ccc([C@@H]2C(c3ccccc3)=C(O)C(=O)N2Cc2ccc(OC)cc2)cc1. The quantitative estimate of drug-likeness (QED) is 0.611. The minimum Gasteiger partial charge on any atom is -0.503 e. The van der Waals surface area contributed by atoms with E-state index in [2.05, 4.69) is 31.2 Å². The summed E-state index contributed by atoms with van der Waals surface area (Å²) in [5.41, 5.74) is 4.70. The molecule has 0 saturated carbocycles. The lowest BCUT2D eigenvalue weighted by atomic mass is 9.92. The Balaban J connectivity index is 1.76. The molecule has 1 amide bonds. The first-order valence-corrected chi connectivity index (χ1v) is 10.1. The van der Waals surface area contributed by atoms with Crippen molar-refractivity contribution in [3.63, 3.8) is 0 Å². The zero-order chi connectivity index (χ0) is 21.1. The summed E-state index contributed by atoms with van der Waals surface area (Å²) in [7, 11) is 1.63. The molecule has 0 aromatic heterocycles. The lowest BCUT2D eigenvalue weighted by Gasteiger charge is -2.27. The molecule has 0 unspecified atom stereocenters. The summed E-state index contributed by atoms with van der Waals surface area (Å²) in [6.07, 6.45) is 0.950. The number of aliphatic hydroxyl groups is 1. The molecule has 1 aliphatic heterocycles. The molecular weight excluding hydrogens is 374 g/mol. The average molecular weight is 399 g/mol. The molecule has 4 nitrogen and oxygen atoms in total. The number of carbonyl (C=O) groups excluding carboxylic acids is 1. The summed E-state index contributed by atoms with van der Waals surface area (Å²) in [6.45, 7) is 2.51. The number of rotatable bonds is 6. The van der Waals surface area contributed by atoms with Gasteiger partial charge in [0, 0.05) is 12.1 Å². The second kappa shape index (κ2) is 8.46. The van der Waals surface area contributed by atoms with Crippen molar-refractivity contribution in [2.45, 2.75) is 25.9 Å². The van der Waals surface area contributed by atoms with Crippen LogP contribution in [0.15, 0.2) is 84.6 Å². The van der Waals surface area contributed by atoms with Crippen LogP contribution in [0.1, 0.15) is 35.2 Å². The standard InChI is InChI=1S/C26H25NO3/c1-3-18-9-13-21(14-10-18)24-23(20-7-5-4-6-8-20)25(28)26(29)27(24)17-19-11-15-22(30-2)16-12-19/h4-16,24,28H,3,17H2,1-2H3/t24-/m1/s1. The third-order valence-electron chi connectivity index (χ3n) is 5.60. The van der Waals surface area contributed by atoms with Gasteiger partial charge in [-0.15, -0.1) is 0 Å². The van der Waals surface area contributed by atoms with E-state index >= 15 is 0 Å². The van der Waals surface area contributed by atoms with Crippen molar-refractivity contribution in [3.05, 3.63) is 107 Å². The number of amides is 1. The molecule has 1 N–H and O–H groups in total. The highest BCUT2D eigenvalue weighted by Gasteiger charge is 2.40. The molecule has 4 rings (SSSR count). The molecule has 4 heteroatoms. The van der Waals surface area contributed by atoms with Gasteiger partial charge in [0.1, 0.15) is 5.75 Å². The van der Waals surface area contributed by atoms with Crippen LogP contribution in [0.4, 0.5) is 0 Å². The second-order valence-electron chi connectivity index (χ2n) is 7.41. The summed E-state index contributed by atoms with van der Waals surface area (Å²) in [5, 5.41) is 10.8. The van der Waals surface area contributed by atoms with Gasteiger partial charge in [-0.25, -0.2) is 0 Å². The maximum Gasteiger partial charge on any atom is 0.290 e. The molecular formula is C26H25NO3. The number of methoxy groups -OCH3 is 1. The summed E-state index contributed by atoms with van der Waals surface area (Å²) in [6, 6.07) is 25.2. The summed E-state index contributed by atoms with van der Waals surface area (Å²) < 4.78 is 5.24. The van der Waals surface area contributed by atoms with Gasteiger partial charge in [-0.1, -0.05) is 73.7 Å². The lowest BCUT2D eigenvalue weighted by molar-refractivity contribution is -0.130. The van der Waals surface area contributed by atoms with Crippen LogP contribution in [0.25, 0.3) is 5.57 Å². The smallest absolute Gasteiger partial charge is 0.290 e. The van der Waals surface area contributed by atoms with Crippen LogP contribution in [0.2, 0.25) is 0 Å². The van der Waals surface area contributed by atoms with Crippen LogP contribution in [0.5, 0.6) is 5.75 Å². The Hall–Kier alpha value is -3.53. The van der Waals surface area contributed by atoms with Crippen molar-refractivity contribution >= 4 is 11.5 Å². The van der Waals surface area contributed by atoms with Crippen LogP contribution in [-0.4, -0.2) is 23.0 Å². The highest BCUT2D eigenvalue weighted by molar-refractivity contribution is 6.05. The molecule has 1 aliphatic rings. The maximum absolute atomic E-state index is 13.1. The summed E-state index contributed by atoms with van der Waals surface area (Å²) in [4.78, 5) is 14.9. The van der Waals surface area contributed by atoms with Gasteiger partial charge in [0.25, 0.3) is 5.91 Å². The van der Waals surface area contributed by atoms with E-state index < -0.39 is 0 Å². The molecule has 0 bridgehead atoms. The predicted molar refractivity (Wildman–Crippen MR) is 118 cm³/mol. The Labute approximate surface area is 177 Å². The average Bonchev–Trinajstić information content (AvgIpc) is 3.05. The van der Waals surface area contributed by atoms with Crippen LogP contribution >= 0.6 is 0 Å². The van der Waals surface area contributed by atoms with Gasteiger partial charge in [-0.2, -0.15) is 0 Å². The number of benzene rings is 3. The predicted octanol–water partition coefficient (Wildman–Crippen LogP) is 5.31. The van der Waals surface area contributed by atoms with Crippen molar-refractivity contribution in [1.82, 2.24) is 4.90 Å². The number of hydrogen-bond donors (Lipinski definition) is 1. The molecule has 1 heterocycles. The number of nitrogens with zero attached hydrogens (tertiary/aromatic N) is 1. The highest BCUT2D eigenvalue weighted by Crippen LogP contribution is 2.43. The van der Waals surface area contributed by atoms with Crippen molar-refractivity contribution in [1.29, 1.82) is 0 Å². The summed E-state index contributed by atoms with van der Waals surface area (Å²) >= 11 is 0. The van der Waals surface area contributed by atoms with Gasteiger partial charge >= 0.3 is 0 Å². The first-order chi connectivity index (χ1) is 14.6. The Kier molecular flexibility index (Phi) is 5.57. The molecule has 30 heavy (non-hydrogen) atoms. The minimum atomic E-state index is -0.354. The Morgan fingerprint density at radius 3 is 2.13 bits per heavy atom. The lowest BCUT2D eigenvalue weighted by Crippen LogP contribution is -2.29. The Bertz CT molecular complexity index is 1050. The first-order valence-electron chi connectivity index (χ1n) is 10.1.